The first-order chi connectivity index (χ1) is 9.63. The van der Waals surface area contributed by atoms with Crippen molar-refractivity contribution in [2.45, 2.75) is 26.7 Å². The third-order valence-electron chi connectivity index (χ3n) is 3.29. The third kappa shape index (κ3) is 6.93. The number of hydrogen-bond donors (Lipinski definition) is 0. The van der Waals surface area contributed by atoms with Gasteiger partial charge in [0.15, 0.2) is 0 Å². The molecular formula is C17H28N2O2. The van der Waals surface area contributed by atoms with E-state index in [1.165, 1.54) is 9.80 Å². The maximum absolute atomic E-state index is 11.8. The number of rotatable bonds is 7. The molecule has 0 spiro atoms. The first-order valence-electron chi connectivity index (χ1n) is 7.09. The van der Waals surface area contributed by atoms with E-state index >= 15 is 0 Å². The van der Waals surface area contributed by atoms with Gasteiger partial charge in [0.1, 0.15) is 0 Å². The highest BCUT2D eigenvalue weighted by molar-refractivity contribution is 5.88. The molecule has 118 valence electrons. The van der Waals surface area contributed by atoms with Crippen LogP contribution in [0.3, 0.4) is 0 Å². The van der Waals surface area contributed by atoms with Crippen molar-refractivity contribution in [1.29, 1.82) is 0 Å². The van der Waals surface area contributed by atoms with Crippen molar-refractivity contribution in [3.63, 3.8) is 0 Å². The number of allylic oxidation sites excluding steroid dienone is 3. The molecule has 0 aliphatic carbocycles. The van der Waals surface area contributed by atoms with E-state index in [-0.39, 0.29) is 17.2 Å². The van der Waals surface area contributed by atoms with Gasteiger partial charge < -0.3 is 9.80 Å². The Hall–Kier alpha value is -1.84. The van der Waals surface area contributed by atoms with Gasteiger partial charge in [-0.05, 0) is 31.9 Å². The van der Waals surface area contributed by atoms with Crippen molar-refractivity contribution in [2.24, 2.45) is 5.41 Å². The molecule has 0 aromatic heterocycles. The molecular weight excluding hydrogens is 264 g/mol. The molecule has 0 aliphatic rings. The molecule has 0 saturated carbocycles. The minimum absolute atomic E-state index is 0.0677. The summed E-state index contributed by atoms with van der Waals surface area (Å²) in [4.78, 5) is 26.6. The van der Waals surface area contributed by atoms with Crippen molar-refractivity contribution >= 4 is 11.8 Å². The molecule has 4 heteroatoms. The quantitative estimate of drug-likeness (QED) is 0.534. The van der Waals surface area contributed by atoms with Crippen LogP contribution in [0.15, 0.2) is 36.5 Å². The van der Waals surface area contributed by atoms with Crippen LogP contribution in [0, 0.1) is 5.41 Å². The van der Waals surface area contributed by atoms with E-state index < -0.39 is 0 Å². The maximum Gasteiger partial charge on any atom is 0.245 e. The normalized spacial score (nSPS) is 14.2. The lowest BCUT2D eigenvalue weighted by molar-refractivity contribution is -0.124. The summed E-state index contributed by atoms with van der Waals surface area (Å²) in [5.41, 5.74) is 0.657. The Morgan fingerprint density at radius 3 is 1.62 bits per heavy atom. The number of likely N-dealkylation sites (N-methyl/N-ethyl adjacent to an activating group) is 2. The zero-order valence-corrected chi connectivity index (χ0v) is 14.1. The molecule has 0 fully saturated rings. The van der Waals surface area contributed by atoms with Crippen LogP contribution in [0.4, 0.5) is 0 Å². The minimum atomic E-state index is -0.358. The Balaban J connectivity index is 5.40. The molecule has 0 rings (SSSR count). The maximum atomic E-state index is 11.8. The molecule has 0 unspecified atom stereocenters. The first-order valence-corrected chi connectivity index (χ1v) is 7.09. The Morgan fingerprint density at radius 2 is 1.38 bits per heavy atom. The number of carbonyl (C=O) groups excluding carboxylic acids is 2. The van der Waals surface area contributed by atoms with Crippen LogP contribution >= 0.6 is 0 Å². The van der Waals surface area contributed by atoms with Gasteiger partial charge in [-0.3, -0.25) is 9.59 Å². The molecule has 0 aromatic carbocycles. The Morgan fingerprint density at radius 1 is 1.00 bits per heavy atom. The standard InChI is InChI=1S/C17H28N2O2/c1-8-17(13-14(2)3,11-9-15(20)18(4)5)12-10-16(21)19(6)7/h9-12H,2,8,13H2,1,3-7H3. The molecule has 0 heterocycles. The molecule has 0 N–H and O–H groups in total. The summed E-state index contributed by atoms with van der Waals surface area (Å²) in [7, 11) is 6.85. The van der Waals surface area contributed by atoms with Crippen molar-refractivity contribution in [1.82, 2.24) is 9.80 Å². The number of carbonyl (C=O) groups is 2. The van der Waals surface area contributed by atoms with Gasteiger partial charge in [0, 0.05) is 33.6 Å². The predicted molar refractivity (Wildman–Crippen MR) is 87.8 cm³/mol. The molecule has 0 saturated heterocycles. The second-order valence-electron chi connectivity index (χ2n) is 5.85. The Kier molecular flexibility index (Phi) is 7.71. The zero-order chi connectivity index (χ0) is 16.6. The van der Waals surface area contributed by atoms with E-state index in [2.05, 4.69) is 6.58 Å². The fraction of sp³-hybridized carbons (Fsp3) is 0.529. The lowest BCUT2D eigenvalue weighted by atomic mass is 9.78. The predicted octanol–water partition coefficient (Wildman–Crippen LogP) is 2.64. The van der Waals surface area contributed by atoms with Crippen LogP contribution in [0.1, 0.15) is 26.7 Å². The van der Waals surface area contributed by atoms with Crippen LogP contribution in [0.25, 0.3) is 0 Å². The molecule has 4 nitrogen and oxygen atoms in total. The number of amides is 2. The van der Waals surface area contributed by atoms with Crippen LogP contribution in [0.5, 0.6) is 0 Å². The lowest BCUT2D eigenvalue weighted by Crippen LogP contribution is -2.23. The summed E-state index contributed by atoms with van der Waals surface area (Å²) >= 11 is 0. The zero-order valence-electron chi connectivity index (χ0n) is 14.1. The molecule has 0 aromatic rings. The van der Waals surface area contributed by atoms with Gasteiger partial charge in [0.2, 0.25) is 11.8 Å². The van der Waals surface area contributed by atoms with Gasteiger partial charge in [0.05, 0.1) is 0 Å². The summed E-state index contributed by atoms with van der Waals surface area (Å²) in [6.45, 7) is 7.95. The average Bonchev–Trinajstić information content (AvgIpc) is 2.40. The second kappa shape index (κ2) is 8.45. The van der Waals surface area contributed by atoms with E-state index in [0.29, 0.717) is 6.42 Å². The Labute approximate surface area is 128 Å². The van der Waals surface area contributed by atoms with Gasteiger partial charge in [-0.25, -0.2) is 0 Å². The highest BCUT2D eigenvalue weighted by Gasteiger charge is 2.23. The number of nitrogens with zero attached hydrogens (tertiary/aromatic N) is 2. The van der Waals surface area contributed by atoms with E-state index in [1.807, 2.05) is 26.0 Å². The summed E-state index contributed by atoms with van der Waals surface area (Å²) in [5, 5.41) is 0. The van der Waals surface area contributed by atoms with Crippen molar-refractivity contribution in [3.05, 3.63) is 36.5 Å². The van der Waals surface area contributed by atoms with Gasteiger partial charge in [-0.2, -0.15) is 0 Å². The molecule has 0 bridgehead atoms. The smallest absolute Gasteiger partial charge is 0.245 e. The van der Waals surface area contributed by atoms with Crippen molar-refractivity contribution in [2.75, 3.05) is 28.2 Å². The SMILES string of the molecule is C=C(C)CC(C=CC(=O)N(C)C)(C=CC(=O)N(C)C)CC. The first kappa shape index (κ1) is 19.2. The minimum Gasteiger partial charge on any atom is -0.345 e. The van der Waals surface area contributed by atoms with E-state index in [4.69, 9.17) is 0 Å². The van der Waals surface area contributed by atoms with Crippen molar-refractivity contribution < 1.29 is 9.59 Å². The third-order valence-corrected chi connectivity index (χ3v) is 3.29. The molecule has 0 atom stereocenters. The van der Waals surface area contributed by atoms with Crippen LogP contribution in [0.2, 0.25) is 0 Å². The fourth-order valence-electron chi connectivity index (χ4n) is 1.87. The van der Waals surface area contributed by atoms with Gasteiger partial charge in [-0.1, -0.05) is 24.6 Å². The van der Waals surface area contributed by atoms with Crippen LogP contribution in [-0.2, 0) is 9.59 Å². The molecule has 0 aliphatic heterocycles. The Bertz CT molecular complexity index is 416. The lowest BCUT2D eigenvalue weighted by Gasteiger charge is -2.26. The average molecular weight is 292 g/mol. The molecule has 0 radical (unpaired) electrons. The van der Waals surface area contributed by atoms with E-state index in [0.717, 1.165) is 12.0 Å². The van der Waals surface area contributed by atoms with Gasteiger partial charge in [0.25, 0.3) is 0 Å². The van der Waals surface area contributed by atoms with E-state index in [9.17, 15) is 9.59 Å². The van der Waals surface area contributed by atoms with Crippen LogP contribution < -0.4 is 0 Å². The van der Waals surface area contributed by atoms with Crippen molar-refractivity contribution in [3.8, 4) is 0 Å². The van der Waals surface area contributed by atoms with E-state index in [1.54, 1.807) is 40.3 Å². The van der Waals surface area contributed by atoms with Gasteiger partial charge in [-0.15, -0.1) is 6.58 Å². The second-order valence-corrected chi connectivity index (χ2v) is 5.85. The largest absolute Gasteiger partial charge is 0.345 e. The summed E-state index contributed by atoms with van der Waals surface area (Å²) in [6.07, 6.45) is 8.38. The summed E-state index contributed by atoms with van der Waals surface area (Å²) in [5.74, 6) is -0.135. The molecule has 21 heavy (non-hydrogen) atoms. The summed E-state index contributed by atoms with van der Waals surface area (Å²) < 4.78 is 0. The monoisotopic (exact) mass is 292 g/mol. The molecule has 2 amide bonds. The van der Waals surface area contributed by atoms with Crippen LogP contribution in [-0.4, -0.2) is 49.8 Å². The topological polar surface area (TPSA) is 40.6 Å². The summed E-state index contributed by atoms with van der Waals surface area (Å²) in [6, 6.07) is 0. The van der Waals surface area contributed by atoms with Gasteiger partial charge >= 0.3 is 0 Å². The fourth-order valence-corrected chi connectivity index (χ4v) is 1.87. The number of hydrogen-bond acceptors (Lipinski definition) is 2. The highest BCUT2D eigenvalue weighted by atomic mass is 16.2. The highest BCUT2D eigenvalue weighted by Crippen LogP contribution is 2.33.